The molecule has 2 saturated carbocycles. The molecular formula is C29H54N2O4S2. The molecule has 1 atom stereocenters. The normalized spacial score (nSPS) is 17.1. The molecule has 1 aromatic rings. The number of carbonyl (C=O) groups excluding carboxylic acids is 1. The summed E-state index contributed by atoms with van der Waals surface area (Å²) in [6.07, 6.45) is 18.1. The van der Waals surface area contributed by atoms with Gasteiger partial charge in [-0.05, 0) is 38.5 Å². The highest BCUT2D eigenvalue weighted by molar-refractivity contribution is 8.01. The molecular weight excluding hydrogens is 504 g/mol. The highest BCUT2D eigenvalue weighted by Crippen LogP contribution is 2.31. The average Bonchev–Trinajstić information content (AvgIpc) is 3.25. The van der Waals surface area contributed by atoms with Crippen LogP contribution in [-0.2, 0) is 9.59 Å². The second-order valence-corrected chi connectivity index (χ2v) is 13.8. The molecule has 8 heteroatoms. The smallest absolute Gasteiger partial charge is 0.304 e. The summed E-state index contributed by atoms with van der Waals surface area (Å²) in [4.78, 5) is 24.9. The first-order chi connectivity index (χ1) is 17.3. The van der Waals surface area contributed by atoms with Gasteiger partial charge in [-0.15, -0.1) is 11.8 Å². The van der Waals surface area contributed by atoms with Gasteiger partial charge in [0, 0.05) is 12.7 Å². The SMILES string of the molecule is CC(=O)Nc1ncc(SCCC(=O)O)s1.CC(C)(C)O.CC1CCCCC1.CCC(C)C1CCCCC1. The Morgan fingerprint density at radius 1 is 1.11 bits per heavy atom. The number of nitrogens with zero attached hydrogens (tertiary/aromatic N) is 1. The summed E-state index contributed by atoms with van der Waals surface area (Å²) in [5, 5.41) is 20.1. The number of thiazole rings is 1. The number of rotatable bonds is 7. The van der Waals surface area contributed by atoms with Crippen molar-refractivity contribution in [3.05, 3.63) is 6.20 Å². The third kappa shape index (κ3) is 23.7. The van der Waals surface area contributed by atoms with E-state index < -0.39 is 11.6 Å². The van der Waals surface area contributed by atoms with Crippen LogP contribution >= 0.6 is 23.1 Å². The van der Waals surface area contributed by atoms with Crippen LogP contribution in [0.25, 0.3) is 0 Å². The van der Waals surface area contributed by atoms with Crippen LogP contribution in [0.3, 0.4) is 0 Å². The van der Waals surface area contributed by atoms with Crippen molar-refractivity contribution < 1.29 is 19.8 Å². The van der Waals surface area contributed by atoms with Gasteiger partial charge in [0.2, 0.25) is 5.91 Å². The van der Waals surface area contributed by atoms with Gasteiger partial charge in [-0.25, -0.2) is 4.98 Å². The van der Waals surface area contributed by atoms with E-state index in [0.717, 1.165) is 22.0 Å². The molecule has 216 valence electrons. The molecule has 0 aromatic carbocycles. The summed E-state index contributed by atoms with van der Waals surface area (Å²) in [7, 11) is 0. The number of aliphatic carboxylic acids is 1. The first-order valence-corrected chi connectivity index (χ1v) is 15.9. The summed E-state index contributed by atoms with van der Waals surface area (Å²) >= 11 is 2.76. The molecule has 0 aliphatic heterocycles. The van der Waals surface area contributed by atoms with Crippen molar-refractivity contribution >= 4 is 40.1 Å². The van der Waals surface area contributed by atoms with Crippen molar-refractivity contribution in [1.82, 2.24) is 4.98 Å². The minimum absolute atomic E-state index is 0.123. The highest BCUT2D eigenvalue weighted by Gasteiger charge is 2.17. The Labute approximate surface area is 234 Å². The number of thioether (sulfide) groups is 1. The van der Waals surface area contributed by atoms with Gasteiger partial charge in [-0.1, -0.05) is 103 Å². The summed E-state index contributed by atoms with van der Waals surface area (Å²) < 4.78 is 0.903. The lowest BCUT2D eigenvalue weighted by molar-refractivity contribution is -0.136. The summed E-state index contributed by atoms with van der Waals surface area (Å²) in [5.41, 5.74) is -0.500. The molecule has 1 unspecified atom stereocenters. The van der Waals surface area contributed by atoms with Crippen molar-refractivity contribution in [3.63, 3.8) is 0 Å². The van der Waals surface area contributed by atoms with Crippen LogP contribution in [0.1, 0.15) is 126 Å². The number of hydrogen-bond donors (Lipinski definition) is 3. The van der Waals surface area contributed by atoms with Crippen molar-refractivity contribution in [3.8, 4) is 0 Å². The van der Waals surface area contributed by atoms with Gasteiger partial charge in [0.1, 0.15) is 0 Å². The zero-order chi connectivity index (χ0) is 28.3. The largest absolute Gasteiger partial charge is 0.481 e. The monoisotopic (exact) mass is 558 g/mol. The van der Waals surface area contributed by atoms with Gasteiger partial charge >= 0.3 is 5.97 Å². The van der Waals surface area contributed by atoms with E-state index in [1.54, 1.807) is 27.0 Å². The van der Waals surface area contributed by atoms with E-state index >= 15 is 0 Å². The Morgan fingerprint density at radius 2 is 1.62 bits per heavy atom. The fourth-order valence-corrected chi connectivity index (χ4v) is 6.04. The number of carboxylic acids is 1. The lowest BCUT2D eigenvalue weighted by Crippen LogP contribution is -2.14. The molecule has 3 N–H and O–H groups in total. The van der Waals surface area contributed by atoms with E-state index in [-0.39, 0.29) is 12.3 Å². The van der Waals surface area contributed by atoms with Crippen LogP contribution in [0.2, 0.25) is 0 Å². The zero-order valence-corrected chi connectivity index (χ0v) is 26.1. The number of carboxylic acid groups (broad SMARTS) is 1. The maximum Gasteiger partial charge on any atom is 0.304 e. The van der Waals surface area contributed by atoms with Gasteiger partial charge in [-0.3, -0.25) is 9.59 Å². The lowest BCUT2D eigenvalue weighted by atomic mass is 9.80. The predicted molar refractivity (Wildman–Crippen MR) is 160 cm³/mol. The molecule has 0 bridgehead atoms. The molecule has 3 rings (SSSR count). The molecule has 6 nitrogen and oxygen atoms in total. The second kappa shape index (κ2) is 20.8. The van der Waals surface area contributed by atoms with E-state index in [4.69, 9.17) is 10.2 Å². The maximum absolute atomic E-state index is 10.7. The van der Waals surface area contributed by atoms with E-state index in [0.29, 0.717) is 10.9 Å². The summed E-state index contributed by atoms with van der Waals surface area (Å²) in [5.74, 6) is 2.63. The first kappa shape index (κ1) is 35.9. The number of hydrogen-bond acceptors (Lipinski definition) is 6. The third-order valence-electron chi connectivity index (χ3n) is 6.32. The van der Waals surface area contributed by atoms with Crippen LogP contribution < -0.4 is 5.32 Å². The molecule has 2 fully saturated rings. The molecule has 1 aromatic heterocycles. The number of carbonyl (C=O) groups is 2. The molecule has 1 amide bonds. The number of aliphatic hydroxyl groups is 1. The van der Waals surface area contributed by atoms with Gasteiger partial charge in [0.25, 0.3) is 0 Å². The van der Waals surface area contributed by atoms with Gasteiger partial charge < -0.3 is 15.5 Å². The van der Waals surface area contributed by atoms with E-state index in [9.17, 15) is 9.59 Å². The van der Waals surface area contributed by atoms with Gasteiger partial charge in [0.05, 0.1) is 22.4 Å². The fraction of sp³-hybridized carbons (Fsp3) is 0.828. The van der Waals surface area contributed by atoms with Crippen LogP contribution in [-0.4, -0.2) is 38.4 Å². The molecule has 0 saturated heterocycles. The summed E-state index contributed by atoms with van der Waals surface area (Å²) in [6, 6.07) is 0. The van der Waals surface area contributed by atoms with Crippen LogP contribution in [0.4, 0.5) is 5.13 Å². The maximum atomic E-state index is 10.7. The quantitative estimate of drug-likeness (QED) is 0.290. The van der Waals surface area contributed by atoms with E-state index in [1.807, 2.05) is 0 Å². The van der Waals surface area contributed by atoms with Crippen molar-refractivity contribution in [2.75, 3.05) is 11.1 Å². The fourth-order valence-electron chi connectivity index (χ4n) is 4.12. The van der Waals surface area contributed by atoms with Gasteiger partial charge in [0.15, 0.2) is 5.13 Å². The Balaban J connectivity index is 0.000000508. The van der Waals surface area contributed by atoms with Crippen LogP contribution in [0, 0.1) is 17.8 Å². The number of aromatic nitrogens is 1. The molecule has 37 heavy (non-hydrogen) atoms. The first-order valence-electron chi connectivity index (χ1n) is 14.1. The van der Waals surface area contributed by atoms with Crippen LogP contribution in [0.5, 0.6) is 0 Å². The van der Waals surface area contributed by atoms with E-state index in [2.05, 4.69) is 31.1 Å². The Kier molecular flexibility index (Phi) is 20.2. The van der Waals surface area contributed by atoms with Crippen molar-refractivity contribution in [1.29, 1.82) is 0 Å². The van der Waals surface area contributed by atoms with Crippen molar-refractivity contribution in [2.45, 2.75) is 135 Å². The predicted octanol–water partition coefficient (Wildman–Crippen LogP) is 8.64. The minimum atomic E-state index is -0.811. The van der Waals surface area contributed by atoms with Crippen molar-refractivity contribution in [2.24, 2.45) is 17.8 Å². The third-order valence-corrected chi connectivity index (χ3v) is 8.43. The van der Waals surface area contributed by atoms with E-state index in [1.165, 1.54) is 101 Å². The standard InChI is InChI=1S/C10H20.C8H10N2O3S2.C7H14.C4H10O/c1-3-9(2)10-7-5-4-6-8-10;1-5(11)10-8-9-4-7(15-8)14-3-2-6(12)13;1-7-5-3-2-4-6-7;1-4(2,3)5/h9-10H,3-8H2,1-2H3;4H,2-3H2,1H3,(H,12,13)(H,9,10,11);7H,2-6H2,1H3;5H,1-3H3. The molecule has 0 spiro atoms. The average molecular weight is 559 g/mol. The number of nitrogens with one attached hydrogen (secondary N) is 1. The number of anilines is 1. The molecule has 2 aliphatic carbocycles. The Hall–Kier alpha value is -1.12. The number of amides is 1. The van der Waals surface area contributed by atoms with Crippen LogP contribution in [0.15, 0.2) is 10.4 Å². The summed E-state index contributed by atoms with van der Waals surface area (Å²) in [6.45, 7) is 13.7. The van der Waals surface area contributed by atoms with Gasteiger partial charge in [-0.2, -0.15) is 0 Å². The molecule has 0 radical (unpaired) electrons. The second-order valence-electron chi connectivity index (χ2n) is 11.4. The molecule has 2 aliphatic rings. The lowest BCUT2D eigenvalue weighted by Gasteiger charge is -2.26. The minimum Gasteiger partial charge on any atom is -0.481 e. The molecule has 1 heterocycles. The topological polar surface area (TPSA) is 99.5 Å². The Bertz CT molecular complexity index is 716. The zero-order valence-electron chi connectivity index (χ0n) is 24.5. The highest BCUT2D eigenvalue weighted by atomic mass is 32.2. The Morgan fingerprint density at radius 3 is 2.03 bits per heavy atom.